The number of benzene rings is 1. The molecule has 110 valence electrons. The lowest BCUT2D eigenvalue weighted by Gasteiger charge is -2.04. The van der Waals surface area contributed by atoms with E-state index >= 15 is 0 Å². The van der Waals surface area contributed by atoms with Gasteiger partial charge in [0.25, 0.3) is 0 Å². The summed E-state index contributed by atoms with van der Waals surface area (Å²) in [5.74, 6) is -1.72. The van der Waals surface area contributed by atoms with Gasteiger partial charge in [0.1, 0.15) is 0 Å². The van der Waals surface area contributed by atoms with Crippen LogP contribution in [0.15, 0.2) is 28.4 Å². The molecular weight excluding hydrogens is 337 g/mol. The summed E-state index contributed by atoms with van der Waals surface area (Å²) in [7, 11) is 0. The van der Waals surface area contributed by atoms with Crippen molar-refractivity contribution in [3.8, 4) is 0 Å². The maximum atomic E-state index is 11.5. The van der Waals surface area contributed by atoms with E-state index in [0.717, 1.165) is 11.8 Å². The van der Waals surface area contributed by atoms with E-state index < -0.39 is 17.1 Å². The quantitative estimate of drug-likeness (QED) is 0.652. The Kier molecular flexibility index (Phi) is 5.22. The van der Waals surface area contributed by atoms with Crippen LogP contribution in [0.3, 0.4) is 0 Å². The van der Waals surface area contributed by atoms with Crippen LogP contribution in [0.25, 0.3) is 0 Å². The van der Waals surface area contributed by atoms with Gasteiger partial charge >= 0.3 is 0 Å². The molecule has 1 heterocycles. The van der Waals surface area contributed by atoms with E-state index in [0.29, 0.717) is 15.6 Å². The molecule has 0 saturated carbocycles. The number of nitrogens with one attached hydrogen (secondary N) is 1. The highest BCUT2D eigenvalue weighted by molar-refractivity contribution is 8.15. The van der Waals surface area contributed by atoms with Crippen LogP contribution < -0.4 is 10.4 Å². The molecule has 1 aromatic carbocycles. The number of carboxylic acid groups (broad SMARTS) is 1. The van der Waals surface area contributed by atoms with Gasteiger partial charge in [-0.15, -0.1) is 5.10 Å². The van der Waals surface area contributed by atoms with E-state index in [1.807, 2.05) is 0 Å². The second-order valence-corrected chi connectivity index (χ2v) is 5.94. The van der Waals surface area contributed by atoms with Gasteiger partial charge in [-0.1, -0.05) is 47.1 Å². The summed E-state index contributed by atoms with van der Waals surface area (Å²) in [6.07, 6.45) is 1.01. The summed E-state index contributed by atoms with van der Waals surface area (Å²) >= 11 is 12.8. The molecule has 2 rings (SSSR count). The number of aliphatic carboxylic acids is 1. The van der Waals surface area contributed by atoms with Gasteiger partial charge in [-0.25, -0.2) is 0 Å². The Bertz CT molecular complexity index is 649. The Hall–Kier alpha value is -1.57. The molecule has 0 spiro atoms. The maximum Gasteiger partial charge on any atom is 0.239 e. The van der Waals surface area contributed by atoms with Gasteiger partial charge in [-0.2, -0.15) is 5.10 Å². The monoisotopic (exact) mass is 344 g/mol. The number of thioether (sulfide) groups is 1. The molecule has 1 aliphatic heterocycles. The standard InChI is InChI=1S/C12H9Cl2N3O3S/c13-7-3-1-2-6(10(7)14)5-15-17-12-16-11(20)8(21-12)4-9(18)19/h1-3,5,8H,4H2,(H,18,19)(H,16,17,20)/p-1/b15-5-/t8-/m1/s1. The van der Waals surface area contributed by atoms with Gasteiger partial charge < -0.3 is 15.2 Å². The fraction of sp³-hybridized carbons (Fsp3) is 0.167. The van der Waals surface area contributed by atoms with Crippen molar-refractivity contribution in [3.05, 3.63) is 33.8 Å². The number of carbonyl (C=O) groups is 2. The molecule has 1 amide bonds. The van der Waals surface area contributed by atoms with Crippen LogP contribution in [0.5, 0.6) is 0 Å². The summed E-state index contributed by atoms with van der Waals surface area (Å²) in [5, 5.41) is 20.7. The van der Waals surface area contributed by atoms with Crippen molar-refractivity contribution in [2.24, 2.45) is 10.2 Å². The Labute approximate surface area is 134 Å². The third kappa shape index (κ3) is 4.20. The van der Waals surface area contributed by atoms with Crippen molar-refractivity contribution in [1.29, 1.82) is 0 Å². The minimum absolute atomic E-state index is 0.223. The first-order chi connectivity index (χ1) is 9.97. The summed E-state index contributed by atoms with van der Waals surface area (Å²) in [6, 6.07) is 5.06. The number of hydrogen-bond donors (Lipinski definition) is 1. The van der Waals surface area contributed by atoms with E-state index in [9.17, 15) is 14.7 Å². The van der Waals surface area contributed by atoms with Crippen molar-refractivity contribution >= 4 is 58.2 Å². The third-order valence-electron chi connectivity index (χ3n) is 2.46. The number of carboxylic acids is 1. The van der Waals surface area contributed by atoms with E-state index in [-0.39, 0.29) is 11.6 Å². The van der Waals surface area contributed by atoms with E-state index in [2.05, 4.69) is 15.5 Å². The third-order valence-corrected chi connectivity index (χ3v) is 4.36. The highest BCUT2D eigenvalue weighted by atomic mass is 35.5. The van der Waals surface area contributed by atoms with E-state index in [1.165, 1.54) is 6.21 Å². The molecule has 6 nitrogen and oxygen atoms in total. The van der Waals surface area contributed by atoms with Crippen LogP contribution in [0, 0.1) is 0 Å². The number of rotatable bonds is 4. The minimum atomic E-state index is -1.29. The van der Waals surface area contributed by atoms with Gasteiger partial charge in [0.15, 0.2) is 5.17 Å². The number of amidine groups is 1. The normalized spacial score (nSPS) is 20.2. The molecule has 0 aliphatic carbocycles. The molecule has 1 atom stereocenters. The van der Waals surface area contributed by atoms with Gasteiger partial charge in [0, 0.05) is 18.0 Å². The summed E-state index contributed by atoms with van der Waals surface area (Å²) in [6.45, 7) is 0. The Morgan fingerprint density at radius 1 is 1.48 bits per heavy atom. The van der Waals surface area contributed by atoms with Crippen molar-refractivity contribution < 1.29 is 14.7 Å². The van der Waals surface area contributed by atoms with Gasteiger partial charge in [-0.05, 0) is 6.07 Å². The lowest BCUT2D eigenvalue weighted by molar-refractivity contribution is -0.305. The minimum Gasteiger partial charge on any atom is -0.550 e. The predicted octanol–water partition coefficient (Wildman–Crippen LogP) is 1.05. The molecule has 1 saturated heterocycles. The smallest absolute Gasteiger partial charge is 0.239 e. The number of amides is 1. The molecule has 1 fully saturated rings. The highest BCUT2D eigenvalue weighted by Crippen LogP contribution is 2.24. The summed E-state index contributed by atoms with van der Waals surface area (Å²) in [4.78, 5) is 21.9. The average molecular weight is 345 g/mol. The molecule has 0 bridgehead atoms. The SMILES string of the molecule is O=C([O-])C[C@H]1S/C(=N\N=C/c2cccc(Cl)c2Cl)NC1=O. The van der Waals surface area contributed by atoms with Crippen molar-refractivity contribution in [2.75, 3.05) is 0 Å². The molecule has 1 aliphatic rings. The molecule has 0 aromatic heterocycles. The predicted molar refractivity (Wildman–Crippen MR) is 80.6 cm³/mol. The lowest BCUT2D eigenvalue weighted by atomic mass is 10.2. The zero-order chi connectivity index (χ0) is 15.4. The lowest BCUT2D eigenvalue weighted by Crippen LogP contribution is -2.31. The van der Waals surface area contributed by atoms with Crippen molar-refractivity contribution in [2.45, 2.75) is 11.7 Å². The summed E-state index contributed by atoms with van der Waals surface area (Å²) in [5.41, 5.74) is 0.578. The van der Waals surface area contributed by atoms with Gasteiger partial charge in [0.05, 0.1) is 21.5 Å². The van der Waals surface area contributed by atoms with Crippen LogP contribution in [-0.4, -0.2) is 28.5 Å². The van der Waals surface area contributed by atoms with E-state index in [4.69, 9.17) is 23.2 Å². The first-order valence-electron chi connectivity index (χ1n) is 5.70. The Balaban J connectivity index is 2.05. The maximum absolute atomic E-state index is 11.5. The molecular formula is C12H8Cl2N3O3S-. The Morgan fingerprint density at radius 3 is 2.95 bits per heavy atom. The van der Waals surface area contributed by atoms with Crippen molar-refractivity contribution in [1.82, 2.24) is 5.32 Å². The second-order valence-electron chi connectivity index (χ2n) is 3.96. The fourth-order valence-electron chi connectivity index (χ4n) is 1.50. The van der Waals surface area contributed by atoms with Gasteiger partial charge in [0.2, 0.25) is 5.91 Å². The number of carbonyl (C=O) groups excluding carboxylic acids is 2. The van der Waals surface area contributed by atoms with Crippen molar-refractivity contribution in [3.63, 3.8) is 0 Å². The fourth-order valence-corrected chi connectivity index (χ4v) is 2.77. The largest absolute Gasteiger partial charge is 0.550 e. The topological polar surface area (TPSA) is 93.9 Å². The molecule has 1 N–H and O–H groups in total. The van der Waals surface area contributed by atoms with Crippen LogP contribution in [0.2, 0.25) is 10.0 Å². The average Bonchev–Trinajstić information content (AvgIpc) is 2.74. The molecule has 0 unspecified atom stereocenters. The molecule has 1 aromatic rings. The van der Waals surface area contributed by atoms with E-state index in [1.54, 1.807) is 18.2 Å². The zero-order valence-corrected chi connectivity index (χ0v) is 12.7. The zero-order valence-electron chi connectivity index (χ0n) is 10.4. The van der Waals surface area contributed by atoms with Crippen LogP contribution >= 0.6 is 35.0 Å². The first kappa shape index (κ1) is 15.8. The van der Waals surface area contributed by atoms with Gasteiger partial charge in [-0.3, -0.25) is 4.79 Å². The van der Waals surface area contributed by atoms with Crippen LogP contribution in [0.4, 0.5) is 0 Å². The second kappa shape index (κ2) is 6.93. The number of hydrogen-bond acceptors (Lipinski definition) is 6. The summed E-state index contributed by atoms with van der Waals surface area (Å²) < 4.78 is 0. The molecule has 9 heteroatoms. The highest BCUT2D eigenvalue weighted by Gasteiger charge is 2.30. The molecule has 0 radical (unpaired) electrons. The van der Waals surface area contributed by atoms with Crippen LogP contribution in [-0.2, 0) is 9.59 Å². The number of nitrogens with zero attached hydrogens (tertiary/aromatic N) is 2. The molecule has 21 heavy (non-hydrogen) atoms. The first-order valence-corrected chi connectivity index (χ1v) is 7.33. The number of halogens is 2. The van der Waals surface area contributed by atoms with Crippen LogP contribution in [0.1, 0.15) is 12.0 Å². The Morgan fingerprint density at radius 2 is 2.24 bits per heavy atom.